The molecule has 2 unspecified atom stereocenters. The van der Waals surface area contributed by atoms with Gasteiger partial charge in [0.1, 0.15) is 6.04 Å². The molecule has 1 aromatic carbocycles. The second-order valence-electron chi connectivity index (χ2n) is 8.21. The number of nitrogens with zero attached hydrogens (tertiary/aromatic N) is 2. The molecule has 0 spiro atoms. The zero-order valence-electron chi connectivity index (χ0n) is 18.6. The molecule has 0 radical (unpaired) electrons. The Hall–Kier alpha value is -1.65. The van der Waals surface area contributed by atoms with Gasteiger partial charge in [-0.25, -0.2) is 13.2 Å². The average Bonchev–Trinajstić information content (AvgIpc) is 2.71. The van der Waals surface area contributed by atoms with Crippen molar-refractivity contribution in [1.29, 1.82) is 0 Å². The number of sulfonamides is 1. The van der Waals surface area contributed by atoms with Gasteiger partial charge in [-0.05, 0) is 43.5 Å². The molecule has 1 aliphatic rings. The molecule has 1 saturated heterocycles. The van der Waals surface area contributed by atoms with E-state index in [1.165, 1.54) is 12.1 Å². The lowest BCUT2D eigenvalue weighted by Gasteiger charge is -2.41. The van der Waals surface area contributed by atoms with Gasteiger partial charge in [0, 0.05) is 36.7 Å². The first-order valence-electron chi connectivity index (χ1n) is 10.7. The van der Waals surface area contributed by atoms with Crippen LogP contribution in [-0.4, -0.2) is 68.4 Å². The van der Waals surface area contributed by atoms with Gasteiger partial charge in [-0.2, -0.15) is 4.72 Å². The molecule has 0 aromatic heterocycles. The Kier molecular flexibility index (Phi) is 9.32. The van der Waals surface area contributed by atoms with Gasteiger partial charge in [-0.3, -0.25) is 4.79 Å². The minimum Gasteiger partial charge on any atom is -0.338 e. The van der Waals surface area contributed by atoms with Crippen LogP contribution in [0, 0.1) is 5.92 Å². The van der Waals surface area contributed by atoms with Gasteiger partial charge in [-0.1, -0.05) is 43.1 Å². The molecule has 2 N–H and O–H groups in total. The van der Waals surface area contributed by atoms with E-state index in [2.05, 4.69) is 32.9 Å². The van der Waals surface area contributed by atoms with Crippen LogP contribution in [0.3, 0.4) is 0 Å². The Morgan fingerprint density at radius 3 is 2.39 bits per heavy atom. The van der Waals surface area contributed by atoms with Crippen molar-refractivity contribution in [2.75, 3.05) is 26.2 Å². The van der Waals surface area contributed by atoms with Crippen molar-refractivity contribution >= 4 is 37.9 Å². The molecule has 3 amide bonds. The molecule has 31 heavy (non-hydrogen) atoms. The van der Waals surface area contributed by atoms with Crippen molar-refractivity contribution in [1.82, 2.24) is 19.8 Å². The zero-order valence-corrected chi connectivity index (χ0v) is 21.0. The topological polar surface area (TPSA) is 98.8 Å². The number of carbonyl (C=O) groups excluding carboxylic acids is 2. The van der Waals surface area contributed by atoms with Crippen LogP contribution in [0.1, 0.15) is 40.5 Å². The van der Waals surface area contributed by atoms with Crippen LogP contribution in [0.15, 0.2) is 33.6 Å². The third-order valence-electron chi connectivity index (χ3n) is 5.35. The van der Waals surface area contributed by atoms with E-state index in [1.54, 1.807) is 21.9 Å². The molecule has 1 aromatic rings. The van der Waals surface area contributed by atoms with Crippen molar-refractivity contribution in [2.24, 2.45) is 5.92 Å². The summed E-state index contributed by atoms with van der Waals surface area (Å²) in [7, 11) is -3.85. The number of amides is 3. The summed E-state index contributed by atoms with van der Waals surface area (Å²) in [4.78, 5) is 29.1. The number of halogens is 1. The number of rotatable bonds is 8. The third kappa shape index (κ3) is 6.92. The van der Waals surface area contributed by atoms with Gasteiger partial charge < -0.3 is 15.1 Å². The van der Waals surface area contributed by atoms with Gasteiger partial charge in [0.15, 0.2) is 0 Å². The minimum absolute atomic E-state index is 0.107. The fourth-order valence-corrected chi connectivity index (χ4v) is 5.05. The summed E-state index contributed by atoms with van der Waals surface area (Å²) in [6.45, 7) is 9.37. The molecule has 2 atom stereocenters. The van der Waals surface area contributed by atoms with E-state index in [1.807, 2.05) is 20.8 Å². The molecule has 1 heterocycles. The summed E-state index contributed by atoms with van der Waals surface area (Å²) >= 11 is 3.29. The van der Waals surface area contributed by atoms with Crippen molar-refractivity contribution in [3.8, 4) is 0 Å². The van der Waals surface area contributed by atoms with Crippen molar-refractivity contribution in [2.45, 2.75) is 57.5 Å². The predicted molar refractivity (Wildman–Crippen MR) is 124 cm³/mol. The minimum atomic E-state index is -3.85. The highest BCUT2D eigenvalue weighted by atomic mass is 79.9. The maximum absolute atomic E-state index is 13.2. The summed E-state index contributed by atoms with van der Waals surface area (Å²) in [5, 5.41) is 2.91. The van der Waals surface area contributed by atoms with Crippen LogP contribution in [-0.2, 0) is 14.8 Å². The Bertz CT molecular complexity index is 861. The predicted octanol–water partition coefficient (Wildman–Crippen LogP) is 2.79. The van der Waals surface area contributed by atoms with Crippen molar-refractivity contribution in [3.05, 3.63) is 28.7 Å². The fraction of sp³-hybridized carbons (Fsp3) is 0.619. The maximum Gasteiger partial charge on any atom is 0.317 e. The number of nitrogens with one attached hydrogen (secondary N) is 2. The van der Waals surface area contributed by atoms with Gasteiger partial charge in [0.05, 0.1) is 4.90 Å². The van der Waals surface area contributed by atoms with E-state index in [0.29, 0.717) is 26.2 Å². The van der Waals surface area contributed by atoms with Gasteiger partial charge >= 0.3 is 6.03 Å². The summed E-state index contributed by atoms with van der Waals surface area (Å²) in [6, 6.07) is 5.12. The molecule has 1 aliphatic heterocycles. The molecular formula is C21H33BrN4O4S. The molecule has 174 valence electrons. The lowest BCUT2D eigenvalue weighted by Crippen LogP contribution is -2.61. The standard InChI is InChI=1S/C21H33BrN4O4S/c1-5-6-11-23-21(28)26-13-12-25(14-16(26)4)20(27)19(15(2)3)24-31(29,30)18-9-7-17(22)8-10-18/h7-10,15-16,19,24H,5-6,11-14H2,1-4H3,(H,23,28). The van der Waals surface area contributed by atoms with E-state index >= 15 is 0 Å². The SMILES string of the molecule is CCCCNC(=O)N1CCN(C(=O)C(NS(=O)(=O)c2ccc(Br)cc2)C(C)C)CC1C. The maximum atomic E-state index is 13.2. The fourth-order valence-electron chi connectivity index (χ4n) is 3.45. The first-order chi connectivity index (χ1) is 14.6. The van der Waals surface area contributed by atoms with Crippen LogP contribution in [0.4, 0.5) is 4.79 Å². The lowest BCUT2D eigenvalue weighted by atomic mass is 10.0. The molecule has 0 saturated carbocycles. The zero-order chi connectivity index (χ0) is 23.2. The Labute approximate surface area is 193 Å². The molecule has 8 nitrogen and oxygen atoms in total. The van der Waals surface area contributed by atoms with Crippen LogP contribution < -0.4 is 10.0 Å². The van der Waals surface area contributed by atoms with Crippen molar-refractivity contribution in [3.63, 3.8) is 0 Å². The number of unbranched alkanes of at least 4 members (excludes halogenated alkanes) is 1. The van der Waals surface area contributed by atoms with E-state index in [0.717, 1.165) is 17.3 Å². The molecular weight excluding hydrogens is 484 g/mol. The van der Waals surface area contributed by atoms with Crippen LogP contribution >= 0.6 is 15.9 Å². The number of piperazine rings is 1. The second-order valence-corrected chi connectivity index (χ2v) is 10.8. The smallest absolute Gasteiger partial charge is 0.317 e. The molecule has 0 aliphatic carbocycles. The summed E-state index contributed by atoms with van der Waals surface area (Å²) in [6.07, 6.45) is 1.93. The van der Waals surface area contributed by atoms with E-state index < -0.39 is 16.1 Å². The normalized spacial score (nSPS) is 18.2. The highest BCUT2D eigenvalue weighted by molar-refractivity contribution is 9.10. The number of hydrogen-bond donors (Lipinski definition) is 2. The van der Waals surface area contributed by atoms with Gasteiger partial charge in [-0.15, -0.1) is 0 Å². The number of carbonyl (C=O) groups is 2. The monoisotopic (exact) mass is 516 g/mol. The van der Waals surface area contributed by atoms with Gasteiger partial charge in [0.2, 0.25) is 15.9 Å². The van der Waals surface area contributed by atoms with Crippen LogP contribution in [0.25, 0.3) is 0 Å². The van der Waals surface area contributed by atoms with Crippen LogP contribution in [0.2, 0.25) is 0 Å². The Morgan fingerprint density at radius 1 is 1.19 bits per heavy atom. The number of hydrogen-bond acceptors (Lipinski definition) is 4. The molecule has 10 heteroatoms. The molecule has 0 bridgehead atoms. The summed E-state index contributed by atoms with van der Waals surface area (Å²) in [5.41, 5.74) is 0. The quantitative estimate of drug-likeness (QED) is 0.518. The molecule has 1 fully saturated rings. The highest BCUT2D eigenvalue weighted by Gasteiger charge is 2.36. The Balaban J connectivity index is 2.05. The van der Waals surface area contributed by atoms with E-state index in [4.69, 9.17) is 0 Å². The highest BCUT2D eigenvalue weighted by Crippen LogP contribution is 2.18. The van der Waals surface area contributed by atoms with Crippen LogP contribution in [0.5, 0.6) is 0 Å². The second kappa shape index (κ2) is 11.3. The Morgan fingerprint density at radius 2 is 1.84 bits per heavy atom. The van der Waals surface area contributed by atoms with Crippen molar-refractivity contribution < 1.29 is 18.0 Å². The van der Waals surface area contributed by atoms with E-state index in [-0.39, 0.29) is 28.8 Å². The summed E-state index contributed by atoms with van der Waals surface area (Å²) < 4.78 is 29.0. The molecule has 2 rings (SSSR count). The first kappa shape index (κ1) is 25.6. The first-order valence-corrected chi connectivity index (χ1v) is 13.0. The largest absolute Gasteiger partial charge is 0.338 e. The van der Waals surface area contributed by atoms with Gasteiger partial charge in [0.25, 0.3) is 0 Å². The summed E-state index contributed by atoms with van der Waals surface area (Å²) in [5.74, 6) is -0.503. The average molecular weight is 517 g/mol. The van der Waals surface area contributed by atoms with E-state index in [9.17, 15) is 18.0 Å². The lowest BCUT2D eigenvalue weighted by molar-refractivity contribution is -0.136. The number of benzene rings is 1. The third-order valence-corrected chi connectivity index (χ3v) is 7.33. The number of urea groups is 1.